The first-order valence-electron chi connectivity index (χ1n) is 7.26. The third kappa shape index (κ3) is 1.59. The molecule has 0 unspecified atom stereocenters. The number of morpholine rings is 1. The van der Waals surface area contributed by atoms with E-state index in [4.69, 9.17) is 4.74 Å². The number of fused-ring (bicyclic) bond motifs is 2. The van der Waals surface area contributed by atoms with Crippen molar-refractivity contribution in [1.82, 2.24) is 4.90 Å². The van der Waals surface area contributed by atoms with Crippen molar-refractivity contribution in [3.63, 3.8) is 0 Å². The number of hydrogen-bond donors (Lipinski definition) is 0. The van der Waals surface area contributed by atoms with Crippen LogP contribution in [0.4, 0.5) is 0 Å². The van der Waals surface area contributed by atoms with Crippen LogP contribution in [0.3, 0.4) is 0 Å². The Kier molecular flexibility index (Phi) is 2.67. The zero-order chi connectivity index (χ0) is 13.7. The van der Waals surface area contributed by atoms with Gasteiger partial charge in [0.05, 0.1) is 12.0 Å². The van der Waals surface area contributed by atoms with Gasteiger partial charge in [-0.3, -0.25) is 4.79 Å². The Morgan fingerprint density at radius 1 is 1.40 bits per heavy atom. The summed E-state index contributed by atoms with van der Waals surface area (Å²) in [5.74, 6) is -0.0597. The molecule has 5 heteroatoms. The summed E-state index contributed by atoms with van der Waals surface area (Å²) in [6, 6.07) is 3.75. The first-order valence-corrected chi connectivity index (χ1v) is 8.14. The predicted molar refractivity (Wildman–Crippen MR) is 74.5 cm³/mol. The van der Waals surface area contributed by atoms with Crippen LogP contribution in [-0.2, 0) is 19.7 Å². The van der Waals surface area contributed by atoms with Crippen LogP contribution >= 0.6 is 11.3 Å². The molecule has 2 atom stereocenters. The zero-order valence-electron chi connectivity index (χ0n) is 11.2. The van der Waals surface area contributed by atoms with E-state index in [1.54, 1.807) is 16.2 Å². The molecule has 1 aromatic rings. The second kappa shape index (κ2) is 4.32. The van der Waals surface area contributed by atoms with Crippen LogP contribution in [0.2, 0.25) is 0 Å². The van der Waals surface area contributed by atoms with Gasteiger partial charge >= 0.3 is 5.97 Å². The lowest BCUT2D eigenvalue weighted by atomic mass is 9.82. The minimum Gasteiger partial charge on any atom is -0.459 e. The van der Waals surface area contributed by atoms with Crippen molar-refractivity contribution < 1.29 is 14.3 Å². The maximum atomic E-state index is 13.1. The number of carbonyl (C=O) groups is 2. The van der Waals surface area contributed by atoms with E-state index in [0.717, 1.165) is 30.6 Å². The molecule has 1 saturated carbocycles. The average molecular weight is 291 g/mol. The van der Waals surface area contributed by atoms with E-state index in [0.29, 0.717) is 13.0 Å². The smallest absolute Gasteiger partial charge is 0.329 e. The highest BCUT2D eigenvalue weighted by Gasteiger charge is 2.54. The molecule has 4 rings (SSSR count). The van der Waals surface area contributed by atoms with Gasteiger partial charge in [-0.05, 0) is 24.3 Å². The number of ether oxygens (including phenoxy) is 1. The number of nitrogens with zero attached hydrogens (tertiary/aromatic N) is 1. The topological polar surface area (TPSA) is 46.6 Å². The van der Waals surface area contributed by atoms with Gasteiger partial charge in [-0.25, -0.2) is 4.79 Å². The second-order valence-corrected chi connectivity index (χ2v) is 6.98. The highest BCUT2D eigenvalue weighted by Crippen LogP contribution is 2.46. The SMILES string of the molecule is O=C1O[C@@H]2C[C@@H]1N(C(=O)C1(c3cccs3)CCCC1)C2. The van der Waals surface area contributed by atoms with E-state index in [1.807, 2.05) is 11.4 Å². The number of rotatable bonds is 2. The summed E-state index contributed by atoms with van der Waals surface area (Å²) in [7, 11) is 0. The molecule has 0 N–H and O–H groups in total. The Hall–Kier alpha value is -1.36. The second-order valence-electron chi connectivity index (χ2n) is 6.03. The number of thiophene rings is 1. The van der Waals surface area contributed by atoms with Crippen LogP contribution in [0, 0.1) is 0 Å². The molecule has 3 heterocycles. The van der Waals surface area contributed by atoms with Crippen molar-refractivity contribution in [2.24, 2.45) is 0 Å². The lowest BCUT2D eigenvalue weighted by Crippen LogP contribution is -2.51. The van der Waals surface area contributed by atoms with Gasteiger partial charge in [0.15, 0.2) is 0 Å². The molecule has 1 aliphatic carbocycles. The minimum absolute atomic E-state index is 0.0711. The van der Waals surface area contributed by atoms with Crippen molar-refractivity contribution >= 4 is 23.2 Å². The van der Waals surface area contributed by atoms with Gasteiger partial charge in [0, 0.05) is 11.3 Å². The van der Waals surface area contributed by atoms with Gasteiger partial charge in [-0.2, -0.15) is 0 Å². The molecular formula is C15H17NO3S. The van der Waals surface area contributed by atoms with Crippen molar-refractivity contribution in [2.45, 2.75) is 49.7 Å². The number of carbonyl (C=O) groups excluding carboxylic acids is 2. The first kappa shape index (κ1) is 12.4. The van der Waals surface area contributed by atoms with E-state index in [1.165, 1.54) is 0 Å². The predicted octanol–water partition coefficient (Wildman–Crippen LogP) is 2.09. The molecule has 2 bridgehead atoms. The lowest BCUT2D eigenvalue weighted by Gasteiger charge is -2.35. The maximum Gasteiger partial charge on any atom is 0.329 e. The van der Waals surface area contributed by atoms with Crippen LogP contribution in [0.15, 0.2) is 17.5 Å². The number of likely N-dealkylation sites (tertiary alicyclic amines) is 1. The van der Waals surface area contributed by atoms with Gasteiger partial charge in [0.2, 0.25) is 5.91 Å². The molecule has 0 aromatic carbocycles. The lowest BCUT2D eigenvalue weighted by molar-refractivity contribution is -0.159. The van der Waals surface area contributed by atoms with Gasteiger partial charge < -0.3 is 9.64 Å². The van der Waals surface area contributed by atoms with Crippen LogP contribution < -0.4 is 0 Å². The van der Waals surface area contributed by atoms with Crippen molar-refractivity contribution in [3.8, 4) is 0 Å². The molecule has 106 valence electrons. The zero-order valence-corrected chi connectivity index (χ0v) is 12.0. The Bertz CT molecular complexity index is 547. The van der Waals surface area contributed by atoms with Crippen molar-refractivity contribution in [2.75, 3.05) is 6.54 Å². The highest BCUT2D eigenvalue weighted by atomic mass is 32.1. The number of hydrogen-bond acceptors (Lipinski definition) is 4. The standard InChI is InChI=1S/C15H17NO3S/c17-13-11-8-10(19-13)9-16(11)14(18)15(5-1-2-6-15)12-4-3-7-20-12/h3-4,7,10-11H,1-2,5-6,8-9H2/t10-,11+/m1/s1. The molecule has 0 spiro atoms. The van der Waals surface area contributed by atoms with E-state index in [-0.39, 0.29) is 29.4 Å². The molecule has 4 nitrogen and oxygen atoms in total. The fourth-order valence-corrected chi connectivity index (χ4v) is 4.92. The van der Waals surface area contributed by atoms with Crippen molar-refractivity contribution in [3.05, 3.63) is 22.4 Å². The quantitative estimate of drug-likeness (QED) is 0.784. The van der Waals surface area contributed by atoms with Gasteiger partial charge in [0.25, 0.3) is 0 Å². The van der Waals surface area contributed by atoms with E-state index in [2.05, 4.69) is 6.07 Å². The van der Waals surface area contributed by atoms with Crippen LogP contribution in [0.5, 0.6) is 0 Å². The maximum absolute atomic E-state index is 13.1. The van der Waals surface area contributed by atoms with Gasteiger partial charge in [-0.15, -0.1) is 11.3 Å². The fraction of sp³-hybridized carbons (Fsp3) is 0.600. The normalized spacial score (nSPS) is 30.8. The van der Waals surface area contributed by atoms with Crippen molar-refractivity contribution in [1.29, 1.82) is 0 Å². The summed E-state index contributed by atoms with van der Waals surface area (Å²) >= 11 is 1.66. The number of amides is 1. The number of esters is 1. The third-order valence-electron chi connectivity index (χ3n) is 4.94. The average Bonchev–Trinajstić information content (AvgIpc) is 3.20. The Morgan fingerprint density at radius 3 is 2.80 bits per heavy atom. The fourth-order valence-electron chi connectivity index (χ4n) is 3.94. The molecule has 2 saturated heterocycles. The summed E-state index contributed by atoms with van der Waals surface area (Å²) in [6.45, 7) is 0.586. The molecule has 3 fully saturated rings. The molecule has 3 aliphatic rings. The van der Waals surface area contributed by atoms with Crippen LogP contribution in [0.1, 0.15) is 37.0 Å². The Morgan fingerprint density at radius 2 is 2.20 bits per heavy atom. The van der Waals surface area contributed by atoms with Crippen LogP contribution in [-0.4, -0.2) is 35.5 Å². The molecule has 2 aliphatic heterocycles. The minimum atomic E-state index is -0.376. The Balaban J connectivity index is 1.68. The monoisotopic (exact) mass is 291 g/mol. The molecule has 0 radical (unpaired) electrons. The summed E-state index contributed by atoms with van der Waals surface area (Å²) in [4.78, 5) is 27.8. The van der Waals surface area contributed by atoms with E-state index >= 15 is 0 Å². The highest BCUT2D eigenvalue weighted by molar-refractivity contribution is 7.10. The molecule has 20 heavy (non-hydrogen) atoms. The molecule has 1 amide bonds. The van der Waals surface area contributed by atoms with E-state index in [9.17, 15) is 9.59 Å². The summed E-state index contributed by atoms with van der Waals surface area (Å²) in [5, 5.41) is 2.03. The van der Waals surface area contributed by atoms with Gasteiger partial charge in [-0.1, -0.05) is 18.9 Å². The van der Waals surface area contributed by atoms with E-state index < -0.39 is 0 Å². The Labute approximate surface area is 121 Å². The largest absolute Gasteiger partial charge is 0.459 e. The summed E-state index contributed by atoms with van der Waals surface area (Å²) in [6.07, 6.45) is 4.63. The first-order chi connectivity index (χ1) is 9.71. The third-order valence-corrected chi connectivity index (χ3v) is 6.01. The van der Waals surface area contributed by atoms with Gasteiger partial charge in [0.1, 0.15) is 12.1 Å². The van der Waals surface area contributed by atoms with Crippen LogP contribution in [0.25, 0.3) is 0 Å². The summed E-state index contributed by atoms with van der Waals surface area (Å²) in [5.41, 5.74) is -0.376. The summed E-state index contributed by atoms with van der Waals surface area (Å²) < 4.78 is 5.20. The molecular weight excluding hydrogens is 274 g/mol. The molecule has 1 aromatic heterocycles.